The molecule has 0 radical (unpaired) electrons. The molecular formula is C39H71N2O6P. The molecule has 0 aromatic carbocycles. The number of unbranched alkanes of at least 4 members (excludes halogenated alkanes) is 11. The van der Waals surface area contributed by atoms with E-state index in [1.165, 1.54) is 44.9 Å². The van der Waals surface area contributed by atoms with E-state index >= 15 is 0 Å². The zero-order valence-electron chi connectivity index (χ0n) is 31.2. The summed E-state index contributed by atoms with van der Waals surface area (Å²) in [6.45, 7) is 4.43. The number of phosphoric acid groups is 1. The number of aliphatic hydroxyl groups is 1. The minimum atomic E-state index is -4.60. The first-order valence-corrected chi connectivity index (χ1v) is 20.1. The van der Waals surface area contributed by atoms with Crippen LogP contribution in [0, 0.1) is 0 Å². The summed E-state index contributed by atoms with van der Waals surface area (Å²) < 4.78 is 23.0. The molecule has 2 N–H and O–H groups in total. The third kappa shape index (κ3) is 32.7. The summed E-state index contributed by atoms with van der Waals surface area (Å²) in [6.07, 6.45) is 38.4. The van der Waals surface area contributed by atoms with Gasteiger partial charge in [0.05, 0.1) is 39.9 Å². The van der Waals surface area contributed by atoms with Crippen molar-refractivity contribution in [1.82, 2.24) is 5.32 Å². The maximum atomic E-state index is 12.7. The van der Waals surface area contributed by atoms with E-state index < -0.39 is 26.6 Å². The molecule has 0 aliphatic heterocycles. The topological polar surface area (TPSA) is 108 Å². The number of carbonyl (C=O) groups excluding carboxylic acids is 1. The van der Waals surface area contributed by atoms with Crippen LogP contribution in [0.1, 0.15) is 129 Å². The highest BCUT2D eigenvalue weighted by molar-refractivity contribution is 7.45. The molecule has 278 valence electrons. The van der Waals surface area contributed by atoms with Crippen molar-refractivity contribution >= 4 is 13.7 Å². The number of likely N-dealkylation sites (N-methyl/N-ethyl adjacent to an activating group) is 1. The molecule has 0 saturated heterocycles. The zero-order valence-corrected chi connectivity index (χ0v) is 32.1. The summed E-state index contributed by atoms with van der Waals surface area (Å²) in [5.74, 6) is -0.242. The summed E-state index contributed by atoms with van der Waals surface area (Å²) >= 11 is 0. The van der Waals surface area contributed by atoms with E-state index in [0.29, 0.717) is 23.9 Å². The van der Waals surface area contributed by atoms with Crippen molar-refractivity contribution in [2.24, 2.45) is 0 Å². The largest absolute Gasteiger partial charge is 0.756 e. The monoisotopic (exact) mass is 695 g/mol. The molecular weight excluding hydrogens is 623 g/mol. The van der Waals surface area contributed by atoms with Gasteiger partial charge >= 0.3 is 0 Å². The van der Waals surface area contributed by atoms with E-state index in [1.807, 2.05) is 27.2 Å². The van der Waals surface area contributed by atoms with Crippen LogP contribution in [0.15, 0.2) is 60.8 Å². The van der Waals surface area contributed by atoms with Gasteiger partial charge in [-0.2, -0.15) is 0 Å². The van der Waals surface area contributed by atoms with Crippen molar-refractivity contribution in [2.75, 3.05) is 40.9 Å². The average molecular weight is 695 g/mol. The number of carbonyl (C=O) groups is 1. The van der Waals surface area contributed by atoms with Crippen LogP contribution in [-0.2, 0) is 18.4 Å². The van der Waals surface area contributed by atoms with Crippen LogP contribution in [0.5, 0.6) is 0 Å². The Balaban J connectivity index is 4.69. The first-order valence-electron chi connectivity index (χ1n) is 18.7. The van der Waals surface area contributed by atoms with Gasteiger partial charge in [-0.15, -0.1) is 0 Å². The molecule has 0 aromatic heterocycles. The number of hydrogen-bond acceptors (Lipinski definition) is 6. The van der Waals surface area contributed by atoms with Crippen molar-refractivity contribution in [3.63, 3.8) is 0 Å². The van der Waals surface area contributed by atoms with E-state index in [9.17, 15) is 19.4 Å². The van der Waals surface area contributed by atoms with Gasteiger partial charge in [-0.3, -0.25) is 9.36 Å². The zero-order chi connectivity index (χ0) is 35.8. The molecule has 0 aliphatic carbocycles. The van der Waals surface area contributed by atoms with E-state index in [1.54, 1.807) is 6.08 Å². The summed E-state index contributed by atoms with van der Waals surface area (Å²) in [6, 6.07) is -0.917. The Labute approximate surface area is 294 Å². The Hall–Kier alpha value is -1.80. The van der Waals surface area contributed by atoms with E-state index in [2.05, 4.69) is 67.8 Å². The smallest absolute Gasteiger partial charge is 0.268 e. The lowest BCUT2D eigenvalue weighted by atomic mass is 10.1. The third-order valence-corrected chi connectivity index (χ3v) is 8.68. The first-order chi connectivity index (χ1) is 23.0. The van der Waals surface area contributed by atoms with Gasteiger partial charge in [0.25, 0.3) is 7.82 Å². The summed E-state index contributed by atoms with van der Waals surface area (Å²) in [5, 5.41) is 13.6. The Morgan fingerprint density at radius 1 is 0.750 bits per heavy atom. The summed E-state index contributed by atoms with van der Waals surface area (Å²) in [4.78, 5) is 25.1. The van der Waals surface area contributed by atoms with Crippen LogP contribution in [0.4, 0.5) is 0 Å². The maximum Gasteiger partial charge on any atom is 0.268 e. The molecule has 0 saturated carbocycles. The minimum absolute atomic E-state index is 0.0151. The van der Waals surface area contributed by atoms with Crippen LogP contribution < -0.4 is 10.2 Å². The first kappa shape index (κ1) is 46.2. The van der Waals surface area contributed by atoms with Crippen molar-refractivity contribution in [3.05, 3.63) is 60.8 Å². The Morgan fingerprint density at radius 2 is 1.29 bits per heavy atom. The summed E-state index contributed by atoms with van der Waals surface area (Å²) in [7, 11) is 1.21. The number of hydrogen-bond donors (Lipinski definition) is 2. The highest BCUT2D eigenvalue weighted by Gasteiger charge is 2.23. The highest BCUT2D eigenvalue weighted by atomic mass is 31.2. The molecule has 0 heterocycles. The fourth-order valence-corrected chi connectivity index (χ4v) is 5.43. The second-order valence-corrected chi connectivity index (χ2v) is 14.9. The lowest BCUT2D eigenvalue weighted by molar-refractivity contribution is -0.870. The van der Waals surface area contributed by atoms with Gasteiger partial charge in [0, 0.05) is 6.42 Å². The predicted molar refractivity (Wildman–Crippen MR) is 201 cm³/mol. The number of quaternary nitrogens is 1. The quantitative estimate of drug-likeness (QED) is 0.0315. The van der Waals surface area contributed by atoms with E-state index in [0.717, 1.165) is 57.8 Å². The normalized spacial score (nSPS) is 15.4. The number of aliphatic hydroxyl groups excluding tert-OH is 1. The lowest BCUT2D eigenvalue weighted by Crippen LogP contribution is -2.45. The van der Waals surface area contributed by atoms with Crippen LogP contribution in [0.3, 0.4) is 0 Å². The van der Waals surface area contributed by atoms with Crippen LogP contribution in [0.2, 0.25) is 0 Å². The SMILES string of the molecule is CC/C=C\C/C=C\C/C=C\CCCCCC(=O)NC(COP(=O)([O-])OCC[N+](C)(C)C)C(O)/C=C/CC/C=C/CCCCCCCCC. The number of allylic oxidation sites excluding steroid dienone is 9. The lowest BCUT2D eigenvalue weighted by Gasteiger charge is -2.29. The van der Waals surface area contributed by atoms with Gasteiger partial charge in [-0.05, 0) is 64.2 Å². The third-order valence-electron chi connectivity index (χ3n) is 7.71. The molecule has 0 fully saturated rings. The van der Waals surface area contributed by atoms with E-state index in [-0.39, 0.29) is 12.5 Å². The highest BCUT2D eigenvalue weighted by Crippen LogP contribution is 2.38. The minimum Gasteiger partial charge on any atom is -0.756 e. The molecule has 1 amide bonds. The fourth-order valence-electron chi connectivity index (χ4n) is 4.71. The number of nitrogens with one attached hydrogen (secondary N) is 1. The van der Waals surface area contributed by atoms with Crippen molar-refractivity contribution in [3.8, 4) is 0 Å². The van der Waals surface area contributed by atoms with E-state index in [4.69, 9.17) is 9.05 Å². The van der Waals surface area contributed by atoms with Crippen molar-refractivity contribution in [1.29, 1.82) is 0 Å². The van der Waals surface area contributed by atoms with Gasteiger partial charge in [-0.1, -0.05) is 120 Å². The van der Waals surface area contributed by atoms with Gasteiger partial charge < -0.3 is 28.8 Å². The molecule has 48 heavy (non-hydrogen) atoms. The standard InChI is InChI=1S/C39H71N2O6P/c1-6-8-10-12-14-16-18-20-22-24-26-28-30-32-38(42)37(36-47-48(44,45)46-35-34-41(3,4)5)40-39(43)33-31-29-27-25-23-21-19-17-15-13-11-9-7-2/h9,11,15,17,21-24,30,32,37-38,42H,6-8,10,12-14,16,18-20,25-29,31,33-36H2,1-5H3,(H-,40,43,44,45)/b11-9-,17-15-,23-21-,24-22+,32-30+. The van der Waals surface area contributed by atoms with Crippen molar-refractivity contribution in [2.45, 2.75) is 142 Å². The Morgan fingerprint density at radius 3 is 1.94 bits per heavy atom. The number of amides is 1. The second-order valence-electron chi connectivity index (χ2n) is 13.5. The van der Waals surface area contributed by atoms with Gasteiger partial charge in [-0.25, -0.2) is 0 Å². The van der Waals surface area contributed by atoms with Crippen LogP contribution in [-0.4, -0.2) is 68.5 Å². The fraction of sp³-hybridized carbons (Fsp3) is 0.718. The van der Waals surface area contributed by atoms with Gasteiger partial charge in [0.2, 0.25) is 5.91 Å². The molecule has 0 aliphatic rings. The number of nitrogens with zero attached hydrogens (tertiary/aromatic N) is 1. The molecule has 0 spiro atoms. The molecule has 9 heteroatoms. The summed E-state index contributed by atoms with van der Waals surface area (Å²) in [5.41, 5.74) is 0. The molecule has 3 unspecified atom stereocenters. The van der Waals surface area contributed by atoms with Crippen molar-refractivity contribution < 1.29 is 32.9 Å². The number of rotatable bonds is 32. The second kappa shape index (κ2) is 31.2. The molecule has 0 rings (SSSR count). The van der Waals surface area contributed by atoms with Crippen LogP contribution in [0.25, 0.3) is 0 Å². The Kier molecular flexibility index (Phi) is 30.0. The predicted octanol–water partition coefficient (Wildman–Crippen LogP) is 8.88. The molecule has 8 nitrogen and oxygen atoms in total. The van der Waals surface area contributed by atoms with Gasteiger partial charge in [0.15, 0.2) is 0 Å². The Bertz CT molecular complexity index is 970. The molecule has 0 bridgehead atoms. The molecule has 3 atom stereocenters. The number of phosphoric ester groups is 1. The average Bonchev–Trinajstić information content (AvgIpc) is 3.02. The molecule has 0 aromatic rings. The van der Waals surface area contributed by atoms with Gasteiger partial charge in [0.1, 0.15) is 13.2 Å². The maximum absolute atomic E-state index is 12.7. The van der Waals surface area contributed by atoms with Crippen LogP contribution >= 0.6 is 7.82 Å².